The molecule has 0 aliphatic heterocycles. The van der Waals surface area contributed by atoms with Gasteiger partial charge >= 0.3 is 5.97 Å². The summed E-state index contributed by atoms with van der Waals surface area (Å²) < 4.78 is 18.3. The molecule has 0 saturated carbocycles. The van der Waals surface area contributed by atoms with E-state index in [4.69, 9.17) is 9.84 Å². The minimum Gasteiger partial charge on any atom is -0.494 e. The highest BCUT2D eigenvalue weighted by molar-refractivity contribution is 5.92. The maximum absolute atomic E-state index is 13.5. The zero-order valence-corrected chi connectivity index (χ0v) is 12.0. The molecule has 0 fully saturated rings. The van der Waals surface area contributed by atoms with Gasteiger partial charge < -0.3 is 14.7 Å². The number of aliphatic carboxylic acids is 1. The van der Waals surface area contributed by atoms with Crippen LogP contribution < -0.4 is 4.74 Å². The highest BCUT2D eigenvalue weighted by Crippen LogP contribution is 2.18. The molecule has 1 N–H and O–H groups in total. The van der Waals surface area contributed by atoms with Crippen molar-refractivity contribution in [2.24, 2.45) is 0 Å². The first-order valence-corrected chi connectivity index (χ1v) is 6.50. The van der Waals surface area contributed by atoms with Gasteiger partial charge in [-0.05, 0) is 30.7 Å². The Hall–Kier alpha value is -2.37. The predicted molar refractivity (Wildman–Crippen MR) is 76.5 cm³/mol. The van der Waals surface area contributed by atoms with Crippen molar-refractivity contribution in [1.29, 1.82) is 0 Å². The van der Waals surface area contributed by atoms with Gasteiger partial charge in [0, 0.05) is 19.2 Å². The monoisotopic (exact) mass is 295 g/mol. The van der Waals surface area contributed by atoms with Gasteiger partial charge in [-0.15, -0.1) is 0 Å². The molecule has 0 atom stereocenters. The van der Waals surface area contributed by atoms with Crippen LogP contribution in [0.4, 0.5) is 4.39 Å². The third kappa shape index (κ3) is 5.25. The average Bonchev–Trinajstić information content (AvgIpc) is 2.45. The average molecular weight is 295 g/mol. The number of benzene rings is 1. The molecule has 5 nitrogen and oxygen atoms in total. The van der Waals surface area contributed by atoms with Gasteiger partial charge in [-0.2, -0.15) is 0 Å². The van der Waals surface area contributed by atoms with E-state index in [1.54, 1.807) is 13.0 Å². The lowest BCUT2D eigenvalue weighted by atomic mass is 10.2. The Morgan fingerprint density at radius 2 is 2.14 bits per heavy atom. The summed E-state index contributed by atoms with van der Waals surface area (Å²) in [5, 5.41) is 8.62. The van der Waals surface area contributed by atoms with Crippen LogP contribution >= 0.6 is 0 Å². The number of halogens is 1. The number of methoxy groups -OCH3 is 1. The molecule has 1 aromatic rings. The van der Waals surface area contributed by atoms with Crippen LogP contribution in [0, 0.1) is 5.82 Å². The molecule has 0 heterocycles. The first kappa shape index (κ1) is 16.7. The third-order valence-electron chi connectivity index (χ3n) is 2.88. The summed E-state index contributed by atoms with van der Waals surface area (Å²) in [4.78, 5) is 23.8. The van der Waals surface area contributed by atoms with Crippen molar-refractivity contribution in [2.45, 2.75) is 13.3 Å². The maximum Gasteiger partial charge on any atom is 0.305 e. The number of carbonyl (C=O) groups is 2. The maximum atomic E-state index is 13.5. The molecule has 6 heteroatoms. The molecule has 1 rings (SSSR count). The van der Waals surface area contributed by atoms with Crippen LogP contribution in [-0.2, 0) is 9.59 Å². The number of carboxylic acids is 1. The summed E-state index contributed by atoms with van der Waals surface area (Å²) in [6, 6.07) is 4.36. The summed E-state index contributed by atoms with van der Waals surface area (Å²) in [7, 11) is 1.37. The molecular weight excluding hydrogens is 277 g/mol. The van der Waals surface area contributed by atoms with Crippen LogP contribution in [0.25, 0.3) is 6.08 Å². The summed E-state index contributed by atoms with van der Waals surface area (Å²) in [5.74, 6) is -1.64. The molecule has 0 radical (unpaired) electrons. The SMILES string of the molecule is CCN(CCC(=O)O)C(=O)/C=C/c1ccc(OC)c(F)c1. The predicted octanol–water partition coefficient (Wildman–Crippen LogP) is 2.17. The van der Waals surface area contributed by atoms with Crippen LogP contribution in [0.5, 0.6) is 5.75 Å². The number of nitrogens with zero attached hydrogens (tertiary/aromatic N) is 1. The standard InChI is InChI=1S/C15H18FNO4/c1-3-17(9-8-15(19)20)14(18)7-5-11-4-6-13(21-2)12(16)10-11/h4-7,10H,3,8-9H2,1-2H3,(H,19,20)/b7-5+. The van der Waals surface area contributed by atoms with Gasteiger partial charge in [-0.25, -0.2) is 4.39 Å². The lowest BCUT2D eigenvalue weighted by Gasteiger charge is -2.17. The molecule has 0 saturated heterocycles. The molecule has 0 aromatic heterocycles. The molecule has 0 spiro atoms. The zero-order valence-electron chi connectivity index (χ0n) is 12.0. The first-order valence-electron chi connectivity index (χ1n) is 6.50. The Bertz CT molecular complexity index is 542. The fraction of sp³-hybridized carbons (Fsp3) is 0.333. The van der Waals surface area contributed by atoms with Crippen molar-refractivity contribution in [3.05, 3.63) is 35.7 Å². The van der Waals surface area contributed by atoms with Gasteiger partial charge in [0.1, 0.15) is 0 Å². The number of hydrogen-bond acceptors (Lipinski definition) is 3. The van der Waals surface area contributed by atoms with Crippen molar-refractivity contribution >= 4 is 18.0 Å². The van der Waals surface area contributed by atoms with E-state index in [0.717, 1.165) is 0 Å². The number of carboxylic acid groups (broad SMARTS) is 1. The van der Waals surface area contributed by atoms with E-state index in [9.17, 15) is 14.0 Å². The van der Waals surface area contributed by atoms with Gasteiger partial charge in [0.15, 0.2) is 11.6 Å². The first-order chi connectivity index (χ1) is 9.97. The summed E-state index contributed by atoms with van der Waals surface area (Å²) in [6.45, 7) is 2.32. The van der Waals surface area contributed by atoms with Gasteiger partial charge in [-0.3, -0.25) is 9.59 Å². The number of hydrogen-bond donors (Lipinski definition) is 1. The molecule has 1 amide bonds. The van der Waals surface area contributed by atoms with Crippen molar-refractivity contribution in [3.63, 3.8) is 0 Å². The smallest absolute Gasteiger partial charge is 0.305 e. The normalized spacial score (nSPS) is 10.6. The van der Waals surface area contributed by atoms with Crippen LogP contribution in [0.1, 0.15) is 18.9 Å². The highest BCUT2D eigenvalue weighted by Gasteiger charge is 2.10. The number of carbonyl (C=O) groups excluding carboxylic acids is 1. The molecular formula is C15H18FNO4. The minimum absolute atomic E-state index is 0.107. The molecule has 0 bridgehead atoms. The van der Waals surface area contributed by atoms with Crippen molar-refractivity contribution in [2.75, 3.05) is 20.2 Å². The van der Waals surface area contributed by atoms with Gasteiger partial charge in [0.25, 0.3) is 0 Å². The van der Waals surface area contributed by atoms with Crippen LogP contribution in [0.15, 0.2) is 24.3 Å². The number of likely N-dealkylation sites (N-methyl/N-ethyl adjacent to an activating group) is 1. The highest BCUT2D eigenvalue weighted by atomic mass is 19.1. The molecule has 114 valence electrons. The Balaban J connectivity index is 2.71. The van der Waals surface area contributed by atoms with Crippen molar-refractivity contribution in [3.8, 4) is 5.75 Å². The number of amides is 1. The molecule has 0 aliphatic rings. The zero-order chi connectivity index (χ0) is 15.8. The summed E-state index contributed by atoms with van der Waals surface area (Å²) in [6.07, 6.45) is 2.67. The van der Waals surface area contributed by atoms with Gasteiger partial charge in [0.2, 0.25) is 5.91 Å². The largest absolute Gasteiger partial charge is 0.494 e. The van der Waals surface area contributed by atoms with E-state index in [2.05, 4.69) is 0 Å². The second-order valence-corrected chi connectivity index (χ2v) is 4.29. The van der Waals surface area contributed by atoms with E-state index < -0.39 is 11.8 Å². The van der Waals surface area contributed by atoms with E-state index in [0.29, 0.717) is 12.1 Å². The summed E-state index contributed by atoms with van der Waals surface area (Å²) in [5.41, 5.74) is 0.524. The second kappa shape index (κ2) is 8.04. The number of ether oxygens (including phenoxy) is 1. The van der Waals surface area contributed by atoms with Crippen molar-refractivity contribution in [1.82, 2.24) is 4.90 Å². The minimum atomic E-state index is -0.956. The summed E-state index contributed by atoms with van der Waals surface area (Å²) >= 11 is 0. The fourth-order valence-corrected chi connectivity index (χ4v) is 1.71. The topological polar surface area (TPSA) is 66.8 Å². The quantitative estimate of drug-likeness (QED) is 0.783. The third-order valence-corrected chi connectivity index (χ3v) is 2.88. The van der Waals surface area contributed by atoms with Crippen molar-refractivity contribution < 1.29 is 23.8 Å². The van der Waals surface area contributed by atoms with E-state index in [1.807, 2.05) is 0 Å². The molecule has 0 aliphatic carbocycles. The Morgan fingerprint density at radius 3 is 2.67 bits per heavy atom. The fourth-order valence-electron chi connectivity index (χ4n) is 1.71. The molecule has 0 unspecified atom stereocenters. The van der Waals surface area contributed by atoms with Gasteiger partial charge in [0.05, 0.1) is 13.5 Å². The van der Waals surface area contributed by atoms with Crippen LogP contribution in [0.3, 0.4) is 0 Å². The van der Waals surface area contributed by atoms with E-state index >= 15 is 0 Å². The lowest BCUT2D eigenvalue weighted by molar-refractivity contribution is -0.137. The Labute approximate surface area is 122 Å². The molecule has 1 aromatic carbocycles. The van der Waals surface area contributed by atoms with E-state index in [1.165, 1.54) is 36.3 Å². The lowest BCUT2D eigenvalue weighted by Crippen LogP contribution is -2.31. The molecule has 21 heavy (non-hydrogen) atoms. The van der Waals surface area contributed by atoms with Crippen LogP contribution in [0.2, 0.25) is 0 Å². The van der Waals surface area contributed by atoms with E-state index in [-0.39, 0.29) is 24.6 Å². The van der Waals surface area contributed by atoms with Crippen LogP contribution in [-0.4, -0.2) is 42.1 Å². The number of rotatable bonds is 7. The Kier molecular flexibility index (Phi) is 6.39. The second-order valence-electron chi connectivity index (χ2n) is 4.29. The Morgan fingerprint density at radius 1 is 1.43 bits per heavy atom. The van der Waals surface area contributed by atoms with Gasteiger partial charge in [-0.1, -0.05) is 6.07 Å².